The molecule has 0 saturated heterocycles. The van der Waals surface area contributed by atoms with E-state index in [0.29, 0.717) is 37.5 Å². The Balaban J connectivity index is 1.31. The molecule has 0 spiro atoms. The molecule has 1 aromatic heterocycles. The molecule has 0 aliphatic heterocycles. The molecule has 38 heavy (non-hydrogen) atoms. The fraction of sp³-hybridized carbons (Fsp3) is 0.233. The average Bonchev–Trinajstić information content (AvgIpc) is 2.95. The lowest BCUT2D eigenvalue weighted by molar-refractivity contribution is -0.136. The van der Waals surface area contributed by atoms with E-state index in [1.165, 1.54) is 0 Å². The first-order valence-electron chi connectivity index (χ1n) is 12.4. The van der Waals surface area contributed by atoms with Gasteiger partial charge in [0.2, 0.25) is 0 Å². The molecule has 0 unspecified atom stereocenters. The van der Waals surface area contributed by atoms with E-state index in [4.69, 9.17) is 19.3 Å². The SMILES string of the molecule is COc1ccc2cc(OCCCOc3ccc(CCC(=O)O)c(CNC(=O)c4ccccn4)c3)ccc2c1. The molecule has 1 amide bonds. The Labute approximate surface area is 221 Å². The number of rotatable bonds is 13. The maximum atomic E-state index is 12.4. The number of nitrogens with zero attached hydrogens (tertiary/aromatic N) is 1. The van der Waals surface area contributed by atoms with E-state index < -0.39 is 5.97 Å². The number of ether oxygens (including phenoxy) is 3. The number of hydrogen-bond donors (Lipinski definition) is 2. The van der Waals surface area contributed by atoms with Gasteiger partial charge in [-0.1, -0.05) is 24.3 Å². The van der Waals surface area contributed by atoms with Gasteiger partial charge in [-0.05, 0) is 76.9 Å². The van der Waals surface area contributed by atoms with Crippen LogP contribution in [0.1, 0.15) is 34.5 Å². The normalized spacial score (nSPS) is 10.7. The van der Waals surface area contributed by atoms with Gasteiger partial charge in [0, 0.05) is 25.6 Å². The number of carboxylic acid groups (broad SMARTS) is 1. The summed E-state index contributed by atoms with van der Waals surface area (Å²) >= 11 is 0. The predicted octanol–water partition coefficient (Wildman–Crippen LogP) is 5.04. The van der Waals surface area contributed by atoms with Gasteiger partial charge in [0.1, 0.15) is 22.9 Å². The first-order chi connectivity index (χ1) is 18.5. The molecular weight excluding hydrogens is 484 g/mol. The zero-order chi connectivity index (χ0) is 26.7. The van der Waals surface area contributed by atoms with E-state index in [0.717, 1.165) is 33.4 Å². The molecule has 0 fully saturated rings. The second kappa shape index (κ2) is 13.1. The van der Waals surface area contributed by atoms with Crippen molar-refractivity contribution in [2.45, 2.75) is 25.8 Å². The standard InChI is InChI=1S/C30H30N2O6/c1-36-25-10-7-23-18-26(12-8-22(23)17-25)37-15-4-16-38-27-11-6-21(9-13-29(33)34)24(19-27)20-32-30(35)28-5-2-3-14-31-28/h2-3,5-8,10-12,14,17-19H,4,9,13,15-16,20H2,1H3,(H,32,35)(H,33,34). The number of hydrogen-bond acceptors (Lipinski definition) is 6. The summed E-state index contributed by atoms with van der Waals surface area (Å²) < 4.78 is 17.1. The third-order valence-corrected chi connectivity index (χ3v) is 5.97. The fourth-order valence-electron chi connectivity index (χ4n) is 3.96. The lowest BCUT2D eigenvalue weighted by Gasteiger charge is -2.14. The molecule has 3 aromatic carbocycles. The first kappa shape index (κ1) is 26.5. The Kier molecular flexibility index (Phi) is 9.12. The fourth-order valence-corrected chi connectivity index (χ4v) is 3.96. The molecule has 8 heteroatoms. The van der Waals surface area contributed by atoms with Gasteiger partial charge in [0.25, 0.3) is 5.91 Å². The predicted molar refractivity (Wildman–Crippen MR) is 144 cm³/mol. The van der Waals surface area contributed by atoms with E-state index in [-0.39, 0.29) is 18.9 Å². The smallest absolute Gasteiger partial charge is 0.303 e. The summed E-state index contributed by atoms with van der Waals surface area (Å²) in [5.41, 5.74) is 1.97. The van der Waals surface area contributed by atoms with Crippen molar-refractivity contribution in [3.8, 4) is 17.2 Å². The summed E-state index contributed by atoms with van der Waals surface area (Å²) in [6.45, 7) is 1.17. The van der Waals surface area contributed by atoms with Crippen LogP contribution < -0.4 is 19.5 Å². The van der Waals surface area contributed by atoms with E-state index in [9.17, 15) is 9.59 Å². The maximum absolute atomic E-state index is 12.4. The first-order valence-corrected chi connectivity index (χ1v) is 12.4. The number of aromatic nitrogens is 1. The van der Waals surface area contributed by atoms with Gasteiger partial charge in [-0.25, -0.2) is 0 Å². The third-order valence-electron chi connectivity index (χ3n) is 5.97. The number of carboxylic acids is 1. The van der Waals surface area contributed by atoms with Crippen molar-refractivity contribution in [2.24, 2.45) is 0 Å². The van der Waals surface area contributed by atoms with Crippen LogP contribution in [-0.4, -0.2) is 42.3 Å². The minimum atomic E-state index is -0.875. The van der Waals surface area contributed by atoms with Crippen LogP contribution in [0, 0.1) is 0 Å². The molecule has 4 aromatic rings. The van der Waals surface area contributed by atoms with Crippen LogP contribution in [0.5, 0.6) is 17.2 Å². The minimum Gasteiger partial charge on any atom is -0.497 e. The monoisotopic (exact) mass is 514 g/mol. The molecule has 2 N–H and O–H groups in total. The number of carbonyl (C=O) groups is 2. The molecule has 0 aliphatic rings. The van der Waals surface area contributed by atoms with Crippen LogP contribution in [0.25, 0.3) is 10.8 Å². The molecular formula is C30H30N2O6. The highest BCUT2D eigenvalue weighted by Gasteiger charge is 2.11. The van der Waals surface area contributed by atoms with Crippen molar-refractivity contribution in [1.82, 2.24) is 10.3 Å². The van der Waals surface area contributed by atoms with Gasteiger partial charge in [-0.15, -0.1) is 0 Å². The molecule has 1 heterocycles. The number of methoxy groups -OCH3 is 1. The lowest BCUT2D eigenvalue weighted by atomic mass is 10.0. The number of fused-ring (bicyclic) bond motifs is 1. The zero-order valence-electron chi connectivity index (χ0n) is 21.2. The zero-order valence-corrected chi connectivity index (χ0v) is 21.2. The molecule has 0 bridgehead atoms. The van der Waals surface area contributed by atoms with Crippen molar-refractivity contribution in [3.05, 3.63) is 95.8 Å². The summed E-state index contributed by atoms with van der Waals surface area (Å²) in [5.74, 6) is 1.07. The van der Waals surface area contributed by atoms with Crippen LogP contribution in [0.2, 0.25) is 0 Å². The van der Waals surface area contributed by atoms with Gasteiger partial charge >= 0.3 is 5.97 Å². The number of aryl methyl sites for hydroxylation is 1. The quantitative estimate of drug-likeness (QED) is 0.241. The highest BCUT2D eigenvalue weighted by Crippen LogP contribution is 2.25. The molecule has 0 saturated carbocycles. The third kappa shape index (κ3) is 7.46. The van der Waals surface area contributed by atoms with E-state index in [1.54, 1.807) is 31.5 Å². The number of benzene rings is 3. The van der Waals surface area contributed by atoms with Crippen molar-refractivity contribution in [3.63, 3.8) is 0 Å². The summed E-state index contributed by atoms with van der Waals surface area (Å²) in [7, 11) is 1.65. The number of amides is 1. The summed E-state index contributed by atoms with van der Waals surface area (Å²) in [4.78, 5) is 27.6. The van der Waals surface area contributed by atoms with Crippen LogP contribution in [-0.2, 0) is 17.8 Å². The highest BCUT2D eigenvalue weighted by atomic mass is 16.5. The second-order valence-corrected chi connectivity index (χ2v) is 8.65. The molecule has 8 nitrogen and oxygen atoms in total. The Hall–Kier alpha value is -4.59. The van der Waals surface area contributed by atoms with Gasteiger partial charge in [-0.2, -0.15) is 0 Å². The summed E-state index contributed by atoms with van der Waals surface area (Å²) in [6.07, 6.45) is 2.59. The Bertz CT molecular complexity index is 1390. The van der Waals surface area contributed by atoms with E-state index >= 15 is 0 Å². The van der Waals surface area contributed by atoms with Gasteiger partial charge in [0.15, 0.2) is 0 Å². The molecule has 0 radical (unpaired) electrons. The van der Waals surface area contributed by atoms with Crippen molar-refractivity contribution in [2.75, 3.05) is 20.3 Å². The molecule has 0 atom stereocenters. The summed E-state index contributed by atoms with van der Waals surface area (Å²) in [5, 5.41) is 14.1. The molecule has 0 aliphatic carbocycles. The van der Waals surface area contributed by atoms with Crippen LogP contribution >= 0.6 is 0 Å². The van der Waals surface area contributed by atoms with Crippen molar-refractivity contribution in [1.29, 1.82) is 0 Å². The Morgan fingerprint density at radius 2 is 1.53 bits per heavy atom. The lowest BCUT2D eigenvalue weighted by Crippen LogP contribution is -2.24. The molecule has 196 valence electrons. The van der Waals surface area contributed by atoms with Crippen molar-refractivity contribution < 1.29 is 28.9 Å². The van der Waals surface area contributed by atoms with Gasteiger partial charge < -0.3 is 24.6 Å². The van der Waals surface area contributed by atoms with E-state index in [2.05, 4.69) is 10.3 Å². The van der Waals surface area contributed by atoms with E-state index in [1.807, 2.05) is 54.6 Å². The Morgan fingerprint density at radius 1 is 0.842 bits per heavy atom. The van der Waals surface area contributed by atoms with Crippen LogP contribution in [0.3, 0.4) is 0 Å². The van der Waals surface area contributed by atoms with Crippen LogP contribution in [0.15, 0.2) is 79.0 Å². The Morgan fingerprint density at radius 3 is 2.21 bits per heavy atom. The summed E-state index contributed by atoms with van der Waals surface area (Å²) in [6, 6.07) is 22.5. The topological polar surface area (TPSA) is 107 Å². The van der Waals surface area contributed by atoms with Gasteiger partial charge in [0.05, 0.1) is 20.3 Å². The average molecular weight is 515 g/mol. The highest BCUT2D eigenvalue weighted by molar-refractivity contribution is 5.92. The number of nitrogens with one attached hydrogen (secondary N) is 1. The maximum Gasteiger partial charge on any atom is 0.303 e. The van der Waals surface area contributed by atoms with Gasteiger partial charge in [-0.3, -0.25) is 14.6 Å². The minimum absolute atomic E-state index is 0.00104. The number of aliphatic carboxylic acids is 1. The van der Waals surface area contributed by atoms with Crippen molar-refractivity contribution >= 4 is 22.6 Å². The number of pyridine rings is 1. The number of carbonyl (C=O) groups excluding carboxylic acids is 1. The van der Waals surface area contributed by atoms with Crippen LogP contribution in [0.4, 0.5) is 0 Å². The molecule has 4 rings (SSSR count). The second-order valence-electron chi connectivity index (χ2n) is 8.65. The largest absolute Gasteiger partial charge is 0.497 e.